The fraction of sp³-hybridized carbons (Fsp3) is 0.625. The van der Waals surface area contributed by atoms with Crippen LogP contribution in [0.5, 0.6) is 0 Å². The summed E-state index contributed by atoms with van der Waals surface area (Å²) < 4.78 is 4.91. The average molecular weight is 157 g/mol. The second kappa shape index (κ2) is 4.01. The van der Waals surface area contributed by atoms with Crippen LogP contribution in [0.1, 0.15) is 20.8 Å². The molecule has 0 aromatic heterocycles. The lowest BCUT2D eigenvalue weighted by atomic mass is 10.1. The summed E-state index contributed by atoms with van der Waals surface area (Å²) in [6.07, 6.45) is -0.109. The Morgan fingerprint density at radius 1 is 1.45 bits per heavy atom. The Hall–Kier alpha value is -0.990. The number of esters is 1. The normalized spacial score (nSPS) is 12.7. The second-order valence-corrected chi connectivity index (χ2v) is 2.88. The van der Waals surface area contributed by atoms with Crippen molar-refractivity contribution in [3.63, 3.8) is 0 Å². The van der Waals surface area contributed by atoms with Gasteiger partial charge in [0, 0.05) is 0 Å². The highest BCUT2D eigenvalue weighted by Gasteiger charge is 2.13. The van der Waals surface area contributed by atoms with Gasteiger partial charge in [-0.25, -0.2) is 4.79 Å². The predicted octanol–water partition coefficient (Wildman–Crippen LogP) is 1.05. The molecule has 0 saturated heterocycles. The quantitative estimate of drug-likeness (QED) is 0.492. The van der Waals surface area contributed by atoms with Gasteiger partial charge in [0.2, 0.25) is 0 Å². The number of ether oxygens (including phenoxy) is 1. The van der Waals surface area contributed by atoms with Crippen molar-refractivity contribution in [3.05, 3.63) is 12.3 Å². The summed E-state index contributed by atoms with van der Waals surface area (Å²) in [6.45, 7) is 9.03. The Bertz CT molecular complexity index is 163. The third-order valence-electron chi connectivity index (χ3n) is 1.49. The Kier molecular flexibility index (Phi) is 3.65. The van der Waals surface area contributed by atoms with E-state index in [2.05, 4.69) is 6.58 Å². The molecule has 64 valence electrons. The highest BCUT2D eigenvalue weighted by molar-refractivity contribution is 5.86. The van der Waals surface area contributed by atoms with E-state index in [4.69, 9.17) is 10.5 Å². The van der Waals surface area contributed by atoms with Gasteiger partial charge in [-0.1, -0.05) is 20.4 Å². The molecule has 0 rings (SSSR count). The van der Waals surface area contributed by atoms with Crippen LogP contribution in [0.25, 0.3) is 0 Å². The van der Waals surface area contributed by atoms with Crippen LogP contribution in [0.15, 0.2) is 12.3 Å². The van der Waals surface area contributed by atoms with Gasteiger partial charge in [0.25, 0.3) is 0 Å². The van der Waals surface area contributed by atoms with Crippen molar-refractivity contribution in [3.8, 4) is 0 Å². The van der Waals surface area contributed by atoms with Gasteiger partial charge in [0.1, 0.15) is 11.8 Å². The maximum absolute atomic E-state index is 10.8. The molecular formula is C8H15NO2. The molecule has 2 N–H and O–H groups in total. The molecule has 0 heterocycles. The zero-order valence-electron chi connectivity index (χ0n) is 7.26. The molecule has 0 aliphatic heterocycles. The molecule has 11 heavy (non-hydrogen) atoms. The van der Waals surface area contributed by atoms with E-state index < -0.39 is 5.97 Å². The van der Waals surface area contributed by atoms with Gasteiger partial charge in [-0.05, 0) is 12.8 Å². The first-order valence-electron chi connectivity index (χ1n) is 3.60. The van der Waals surface area contributed by atoms with E-state index in [0.29, 0.717) is 5.92 Å². The van der Waals surface area contributed by atoms with E-state index in [1.54, 1.807) is 0 Å². The molecule has 0 amide bonds. The lowest BCUT2D eigenvalue weighted by Gasteiger charge is -2.15. The van der Waals surface area contributed by atoms with Crippen LogP contribution in [0.4, 0.5) is 0 Å². The lowest BCUT2D eigenvalue weighted by Crippen LogP contribution is -2.23. The van der Waals surface area contributed by atoms with Crippen molar-refractivity contribution in [1.29, 1.82) is 0 Å². The molecule has 0 aromatic carbocycles. The number of rotatable bonds is 3. The smallest absolute Gasteiger partial charge is 0.353 e. The molecule has 0 fully saturated rings. The largest absolute Gasteiger partial charge is 0.458 e. The first-order chi connectivity index (χ1) is 4.95. The van der Waals surface area contributed by atoms with Gasteiger partial charge >= 0.3 is 5.97 Å². The van der Waals surface area contributed by atoms with Crippen LogP contribution in [0.3, 0.4) is 0 Å². The zero-order chi connectivity index (χ0) is 9.02. The molecule has 1 unspecified atom stereocenters. The van der Waals surface area contributed by atoms with E-state index >= 15 is 0 Å². The molecule has 3 nitrogen and oxygen atoms in total. The maximum atomic E-state index is 10.8. The van der Waals surface area contributed by atoms with E-state index in [0.717, 1.165) is 0 Å². The van der Waals surface area contributed by atoms with Crippen molar-refractivity contribution in [2.24, 2.45) is 11.7 Å². The third-order valence-corrected chi connectivity index (χ3v) is 1.49. The topological polar surface area (TPSA) is 52.3 Å². The van der Waals surface area contributed by atoms with E-state index in [1.165, 1.54) is 0 Å². The summed E-state index contributed by atoms with van der Waals surface area (Å²) in [5.74, 6) is -0.218. The average Bonchev–Trinajstić information content (AvgIpc) is 1.87. The van der Waals surface area contributed by atoms with Crippen molar-refractivity contribution in [2.45, 2.75) is 26.9 Å². The minimum absolute atomic E-state index is 0.0440. The minimum atomic E-state index is -0.522. The minimum Gasteiger partial charge on any atom is -0.458 e. The van der Waals surface area contributed by atoms with Crippen LogP contribution in [-0.2, 0) is 9.53 Å². The van der Waals surface area contributed by atoms with Crippen molar-refractivity contribution in [1.82, 2.24) is 0 Å². The summed E-state index contributed by atoms with van der Waals surface area (Å²) in [6, 6.07) is 0. The highest BCUT2D eigenvalue weighted by atomic mass is 16.5. The Balaban J connectivity index is 3.85. The number of hydrogen-bond donors (Lipinski definition) is 1. The van der Waals surface area contributed by atoms with E-state index in [-0.39, 0.29) is 11.8 Å². The Morgan fingerprint density at radius 2 is 1.91 bits per heavy atom. The zero-order valence-corrected chi connectivity index (χ0v) is 7.26. The van der Waals surface area contributed by atoms with Crippen LogP contribution in [-0.4, -0.2) is 12.1 Å². The van der Waals surface area contributed by atoms with E-state index in [1.807, 2.05) is 20.8 Å². The van der Waals surface area contributed by atoms with Crippen LogP contribution < -0.4 is 5.73 Å². The van der Waals surface area contributed by atoms with Gasteiger partial charge in [0.05, 0.1) is 0 Å². The summed E-state index contributed by atoms with van der Waals surface area (Å²) in [7, 11) is 0. The van der Waals surface area contributed by atoms with Gasteiger partial charge in [-0.3, -0.25) is 0 Å². The molecule has 0 aliphatic carbocycles. The van der Waals surface area contributed by atoms with Crippen molar-refractivity contribution in [2.75, 3.05) is 0 Å². The van der Waals surface area contributed by atoms with Gasteiger partial charge in [-0.15, -0.1) is 0 Å². The highest BCUT2D eigenvalue weighted by Crippen LogP contribution is 2.06. The third kappa shape index (κ3) is 3.65. The van der Waals surface area contributed by atoms with E-state index in [9.17, 15) is 4.79 Å². The lowest BCUT2D eigenvalue weighted by molar-refractivity contribution is -0.145. The molecular weight excluding hydrogens is 142 g/mol. The van der Waals surface area contributed by atoms with Crippen molar-refractivity contribution >= 4 is 5.97 Å². The van der Waals surface area contributed by atoms with Gasteiger partial charge in [0.15, 0.2) is 0 Å². The van der Waals surface area contributed by atoms with Crippen LogP contribution >= 0.6 is 0 Å². The summed E-state index contributed by atoms with van der Waals surface area (Å²) in [5, 5.41) is 0. The molecule has 0 spiro atoms. The second-order valence-electron chi connectivity index (χ2n) is 2.88. The van der Waals surface area contributed by atoms with Crippen molar-refractivity contribution < 1.29 is 9.53 Å². The summed E-state index contributed by atoms with van der Waals surface area (Å²) in [5.41, 5.74) is 5.07. The maximum Gasteiger partial charge on any atom is 0.353 e. The summed E-state index contributed by atoms with van der Waals surface area (Å²) >= 11 is 0. The molecule has 0 bridgehead atoms. The molecule has 0 saturated carbocycles. The number of hydrogen-bond acceptors (Lipinski definition) is 3. The Morgan fingerprint density at radius 3 is 2.18 bits per heavy atom. The fourth-order valence-electron chi connectivity index (χ4n) is 0.381. The van der Waals surface area contributed by atoms with Crippen LogP contribution in [0, 0.1) is 5.92 Å². The SMILES string of the molecule is C=C(N)C(=O)OC(C)C(C)C. The molecule has 0 aliphatic rings. The summed E-state index contributed by atoms with van der Waals surface area (Å²) in [4.78, 5) is 10.8. The predicted molar refractivity (Wildman–Crippen MR) is 43.7 cm³/mol. The number of carbonyl (C=O) groups excluding carboxylic acids is 1. The Labute approximate surface area is 67.2 Å². The monoisotopic (exact) mass is 157 g/mol. The number of nitrogens with two attached hydrogens (primary N) is 1. The first kappa shape index (κ1) is 10.0. The molecule has 3 heteroatoms. The number of carbonyl (C=O) groups is 1. The molecule has 0 aromatic rings. The first-order valence-corrected chi connectivity index (χ1v) is 3.60. The van der Waals surface area contributed by atoms with Crippen LogP contribution in [0.2, 0.25) is 0 Å². The molecule has 1 atom stereocenters. The fourth-order valence-corrected chi connectivity index (χ4v) is 0.381. The van der Waals surface area contributed by atoms with Gasteiger partial charge < -0.3 is 10.5 Å². The van der Waals surface area contributed by atoms with Gasteiger partial charge in [-0.2, -0.15) is 0 Å². The molecule has 0 radical (unpaired) electrons. The standard InChI is InChI=1S/C8H15NO2/c1-5(2)7(4)11-8(10)6(3)9/h5,7H,3,9H2,1-2,4H3.